The molecule has 0 bridgehead atoms. The van der Waals surface area contributed by atoms with Crippen LogP contribution in [0.4, 0.5) is 13.2 Å². The van der Waals surface area contributed by atoms with Gasteiger partial charge in [0.15, 0.2) is 0 Å². The van der Waals surface area contributed by atoms with Crippen LogP contribution >= 0.6 is 11.8 Å². The molecule has 0 fully saturated rings. The maximum atomic E-state index is 12.6. The number of amides is 2. The number of benzene rings is 2. The number of rotatable bonds is 8. The number of nitrogens with one attached hydrogen (secondary N) is 2. The van der Waals surface area contributed by atoms with Gasteiger partial charge in [-0.3, -0.25) is 9.59 Å². The first-order valence-electron chi connectivity index (χ1n) is 8.66. The molecule has 0 radical (unpaired) electrons. The fourth-order valence-electron chi connectivity index (χ4n) is 2.34. The first-order valence-corrected chi connectivity index (χ1v) is 10.1. The zero-order valence-corrected chi connectivity index (χ0v) is 16.4. The lowest BCUT2D eigenvalue weighted by atomic mass is 10.1. The Kier molecular flexibility index (Phi) is 8.26. The SMILES string of the molecule is CSCCC(NC(=O)c1ccc(C(F)(F)F)cc1)C(=O)NN=Cc1ccccc1. The molecule has 0 saturated carbocycles. The quantitative estimate of drug-likeness (QED) is 0.502. The number of carbonyl (C=O) groups excluding carboxylic acids is 2. The van der Waals surface area contributed by atoms with Gasteiger partial charge in [0, 0.05) is 5.56 Å². The van der Waals surface area contributed by atoms with Crippen LogP contribution in [-0.2, 0) is 11.0 Å². The average Bonchev–Trinajstić information content (AvgIpc) is 2.71. The van der Waals surface area contributed by atoms with Crippen molar-refractivity contribution >= 4 is 29.8 Å². The van der Waals surface area contributed by atoms with Gasteiger partial charge in [-0.05, 0) is 48.3 Å². The summed E-state index contributed by atoms with van der Waals surface area (Å²) in [6.07, 6.45) is -0.797. The van der Waals surface area contributed by atoms with Crippen LogP contribution in [0.3, 0.4) is 0 Å². The summed E-state index contributed by atoms with van der Waals surface area (Å²) in [4.78, 5) is 24.8. The molecule has 2 aromatic rings. The van der Waals surface area contributed by atoms with Crippen molar-refractivity contribution in [3.63, 3.8) is 0 Å². The Morgan fingerprint density at radius 1 is 1.10 bits per heavy atom. The molecule has 1 atom stereocenters. The van der Waals surface area contributed by atoms with Gasteiger partial charge in [0.1, 0.15) is 6.04 Å². The van der Waals surface area contributed by atoms with Crippen LogP contribution in [0.5, 0.6) is 0 Å². The second-order valence-corrected chi connectivity index (χ2v) is 7.01. The van der Waals surface area contributed by atoms with Crippen molar-refractivity contribution in [1.29, 1.82) is 0 Å². The third kappa shape index (κ3) is 7.26. The maximum absolute atomic E-state index is 12.6. The molecule has 29 heavy (non-hydrogen) atoms. The molecule has 0 heterocycles. The second kappa shape index (κ2) is 10.7. The van der Waals surface area contributed by atoms with Crippen LogP contribution in [-0.4, -0.2) is 36.1 Å². The Morgan fingerprint density at radius 2 is 1.76 bits per heavy atom. The minimum absolute atomic E-state index is 0.0349. The smallest absolute Gasteiger partial charge is 0.340 e. The summed E-state index contributed by atoms with van der Waals surface area (Å²) < 4.78 is 37.9. The summed E-state index contributed by atoms with van der Waals surface area (Å²) in [6.45, 7) is 0. The first kappa shape index (κ1) is 22.5. The molecule has 0 aliphatic carbocycles. The highest BCUT2D eigenvalue weighted by atomic mass is 32.2. The number of thioether (sulfide) groups is 1. The molecule has 2 rings (SSSR count). The van der Waals surface area contributed by atoms with Crippen molar-refractivity contribution in [3.8, 4) is 0 Å². The van der Waals surface area contributed by atoms with Crippen LogP contribution in [0.25, 0.3) is 0 Å². The van der Waals surface area contributed by atoms with E-state index < -0.39 is 29.6 Å². The Bertz CT molecular complexity index is 840. The predicted octanol–water partition coefficient (Wildman–Crippen LogP) is 3.71. The van der Waals surface area contributed by atoms with Crippen LogP contribution < -0.4 is 10.7 Å². The van der Waals surface area contributed by atoms with E-state index >= 15 is 0 Å². The molecule has 2 amide bonds. The molecule has 0 aliphatic rings. The highest BCUT2D eigenvalue weighted by Gasteiger charge is 2.30. The Hall–Kier alpha value is -2.81. The fraction of sp³-hybridized carbons (Fsp3) is 0.250. The summed E-state index contributed by atoms with van der Waals surface area (Å²) in [7, 11) is 0. The maximum Gasteiger partial charge on any atom is 0.416 e. The Labute approximate surface area is 170 Å². The molecule has 0 spiro atoms. The number of hydrogen-bond acceptors (Lipinski definition) is 4. The number of hydrazone groups is 1. The van der Waals surface area contributed by atoms with Gasteiger partial charge in [-0.15, -0.1) is 0 Å². The van der Waals surface area contributed by atoms with Gasteiger partial charge in [-0.25, -0.2) is 5.43 Å². The van der Waals surface area contributed by atoms with Crippen molar-refractivity contribution < 1.29 is 22.8 Å². The van der Waals surface area contributed by atoms with Crippen LogP contribution in [0.2, 0.25) is 0 Å². The summed E-state index contributed by atoms with van der Waals surface area (Å²) in [5.74, 6) is -0.535. The molecule has 5 nitrogen and oxygen atoms in total. The van der Waals surface area contributed by atoms with E-state index in [1.807, 2.05) is 36.6 Å². The molecule has 0 aromatic heterocycles. The largest absolute Gasteiger partial charge is 0.416 e. The highest BCUT2D eigenvalue weighted by molar-refractivity contribution is 7.98. The summed E-state index contributed by atoms with van der Waals surface area (Å²) in [6, 6.07) is 12.1. The van der Waals surface area contributed by atoms with E-state index in [1.54, 1.807) is 0 Å². The van der Waals surface area contributed by atoms with E-state index in [-0.39, 0.29) is 5.56 Å². The number of hydrogen-bond donors (Lipinski definition) is 2. The van der Waals surface area contributed by atoms with Gasteiger partial charge in [-0.2, -0.15) is 30.0 Å². The third-order valence-electron chi connectivity index (χ3n) is 3.89. The number of nitrogens with zero attached hydrogens (tertiary/aromatic N) is 1. The van der Waals surface area contributed by atoms with E-state index in [2.05, 4.69) is 15.8 Å². The number of alkyl halides is 3. The zero-order chi connectivity index (χ0) is 21.3. The minimum atomic E-state index is -4.48. The van der Waals surface area contributed by atoms with E-state index in [1.165, 1.54) is 18.0 Å². The molecule has 0 saturated heterocycles. The van der Waals surface area contributed by atoms with Crippen molar-refractivity contribution in [1.82, 2.24) is 10.7 Å². The second-order valence-electron chi connectivity index (χ2n) is 6.03. The molecule has 1 unspecified atom stereocenters. The van der Waals surface area contributed by atoms with Crippen molar-refractivity contribution in [2.75, 3.05) is 12.0 Å². The van der Waals surface area contributed by atoms with Crippen molar-refractivity contribution in [2.45, 2.75) is 18.6 Å². The zero-order valence-electron chi connectivity index (χ0n) is 15.6. The Morgan fingerprint density at radius 3 is 2.34 bits per heavy atom. The van der Waals surface area contributed by atoms with Gasteiger partial charge >= 0.3 is 6.18 Å². The van der Waals surface area contributed by atoms with E-state index in [4.69, 9.17) is 0 Å². The van der Waals surface area contributed by atoms with E-state index in [0.29, 0.717) is 12.2 Å². The Balaban J connectivity index is 2.02. The third-order valence-corrected chi connectivity index (χ3v) is 4.54. The first-order chi connectivity index (χ1) is 13.8. The van der Waals surface area contributed by atoms with Crippen LogP contribution in [0.15, 0.2) is 59.7 Å². The minimum Gasteiger partial charge on any atom is -0.340 e. The summed E-state index contributed by atoms with van der Waals surface area (Å²) in [5, 5.41) is 6.44. The van der Waals surface area contributed by atoms with Crippen molar-refractivity contribution in [3.05, 3.63) is 71.3 Å². The van der Waals surface area contributed by atoms with Crippen LogP contribution in [0.1, 0.15) is 27.9 Å². The van der Waals surface area contributed by atoms with E-state index in [9.17, 15) is 22.8 Å². The van der Waals surface area contributed by atoms with Crippen molar-refractivity contribution in [2.24, 2.45) is 5.10 Å². The average molecular weight is 423 g/mol. The lowest BCUT2D eigenvalue weighted by Crippen LogP contribution is -2.45. The summed E-state index contributed by atoms with van der Waals surface area (Å²) in [5.41, 5.74) is 2.37. The van der Waals surface area contributed by atoms with Gasteiger partial charge < -0.3 is 5.32 Å². The number of halogens is 3. The molecule has 154 valence electrons. The van der Waals surface area contributed by atoms with Gasteiger partial charge in [0.2, 0.25) is 0 Å². The molecule has 2 aromatic carbocycles. The molecule has 0 aliphatic heterocycles. The fourth-order valence-corrected chi connectivity index (χ4v) is 2.82. The lowest BCUT2D eigenvalue weighted by Gasteiger charge is -2.17. The number of carbonyl (C=O) groups is 2. The normalized spacial score (nSPS) is 12.6. The van der Waals surface area contributed by atoms with Gasteiger partial charge in [0.25, 0.3) is 11.8 Å². The highest BCUT2D eigenvalue weighted by Crippen LogP contribution is 2.29. The molecule has 2 N–H and O–H groups in total. The topological polar surface area (TPSA) is 70.6 Å². The van der Waals surface area contributed by atoms with Crippen LogP contribution in [0, 0.1) is 0 Å². The lowest BCUT2D eigenvalue weighted by molar-refractivity contribution is -0.137. The van der Waals surface area contributed by atoms with Gasteiger partial charge in [0.05, 0.1) is 11.8 Å². The van der Waals surface area contributed by atoms with E-state index in [0.717, 1.165) is 29.8 Å². The van der Waals surface area contributed by atoms with Gasteiger partial charge in [-0.1, -0.05) is 30.3 Å². The summed E-state index contributed by atoms with van der Waals surface area (Å²) >= 11 is 1.50. The molecule has 9 heteroatoms. The predicted molar refractivity (Wildman–Crippen MR) is 108 cm³/mol. The standard InChI is InChI=1S/C20H20F3N3O2S/c1-29-12-11-17(19(28)26-24-13-14-5-3-2-4-6-14)25-18(27)15-7-9-16(10-8-15)20(21,22)23/h2-10,13,17H,11-12H2,1H3,(H,25,27)(H,26,28). The molecular formula is C20H20F3N3O2S. The monoisotopic (exact) mass is 423 g/mol. The molecular weight excluding hydrogens is 403 g/mol.